The Kier molecular flexibility index (Phi) is 5.96. The minimum Gasteiger partial charge on any atom is -0.387 e. The molecule has 1 atom stereocenters. The molecule has 25 heavy (non-hydrogen) atoms. The summed E-state index contributed by atoms with van der Waals surface area (Å²) in [5.41, 5.74) is 2.39. The van der Waals surface area contributed by atoms with E-state index in [4.69, 9.17) is 4.74 Å². The molecule has 1 heterocycles. The van der Waals surface area contributed by atoms with Gasteiger partial charge in [-0.25, -0.2) is 0 Å². The Balaban J connectivity index is 1.57. The van der Waals surface area contributed by atoms with Crippen molar-refractivity contribution in [1.82, 2.24) is 5.32 Å². The van der Waals surface area contributed by atoms with Crippen LogP contribution in [0.5, 0.6) is 0 Å². The van der Waals surface area contributed by atoms with Crippen molar-refractivity contribution in [2.24, 2.45) is 0 Å². The molecule has 1 unspecified atom stereocenters. The van der Waals surface area contributed by atoms with Gasteiger partial charge in [-0.1, -0.05) is 24.3 Å². The molecule has 132 valence electrons. The zero-order chi connectivity index (χ0) is 17.6. The average molecular weight is 358 g/mol. The lowest BCUT2D eigenvalue weighted by atomic mass is 10.1. The number of carbonyl (C=O) groups excluding carboxylic acids is 1. The third kappa shape index (κ3) is 4.54. The average Bonchev–Trinajstić information content (AvgIpc) is 2.67. The predicted molar refractivity (Wildman–Crippen MR) is 100 cm³/mol. The first-order valence-electron chi connectivity index (χ1n) is 8.32. The van der Waals surface area contributed by atoms with Crippen LogP contribution < -0.4 is 10.2 Å². The van der Waals surface area contributed by atoms with E-state index in [1.165, 1.54) is 0 Å². The van der Waals surface area contributed by atoms with Gasteiger partial charge in [-0.2, -0.15) is 0 Å². The summed E-state index contributed by atoms with van der Waals surface area (Å²) in [6.45, 7) is 3.38. The number of amides is 1. The van der Waals surface area contributed by atoms with Crippen LogP contribution >= 0.6 is 12.6 Å². The number of hydrogen-bond acceptors (Lipinski definition) is 5. The summed E-state index contributed by atoms with van der Waals surface area (Å²) in [6, 6.07) is 14.9. The molecule has 0 saturated carbocycles. The van der Waals surface area contributed by atoms with Crippen LogP contribution in [0.25, 0.3) is 0 Å². The van der Waals surface area contributed by atoms with Gasteiger partial charge in [0.25, 0.3) is 5.91 Å². The highest BCUT2D eigenvalue weighted by molar-refractivity contribution is 7.80. The number of nitrogens with zero attached hydrogens (tertiary/aromatic N) is 1. The third-order valence-corrected chi connectivity index (χ3v) is 4.65. The second-order valence-corrected chi connectivity index (χ2v) is 6.42. The molecule has 3 rings (SSSR count). The SMILES string of the molecule is O=C(NCC(O)c1ccc(N2CCOCC2)cc1)c1ccccc1S. The molecule has 1 aliphatic rings. The smallest absolute Gasteiger partial charge is 0.252 e. The highest BCUT2D eigenvalue weighted by Gasteiger charge is 2.14. The summed E-state index contributed by atoms with van der Waals surface area (Å²) < 4.78 is 5.36. The van der Waals surface area contributed by atoms with Crippen LogP contribution in [0.4, 0.5) is 5.69 Å². The van der Waals surface area contributed by atoms with Crippen LogP contribution in [0, 0.1) is 0 Å². The van der Waals surface area contributed by atoms with Crippen molar-refractivity contribution in [2.75, 3.05) is 37.7 Å². The van der Waals surface area contributed by atoms with E-state index in [0.717, 1.165) is 37.6 Å². The summed E-state index contributed by atoms with van der Waals surface area (Å²) in [4.78, 5) is 15.0. The molecule has 1 amide bonds. The van der Waals surface area contributed by atoms with Gasteiger partial charge in [-0.15, -0.1) is 12.6 Å². The van der Waals surface area contributed by atoms with Crippen molar-refractivity contribution in [3.05, 3.63) is 59.7 Å². The summed E-state index contributed by atoms with van der Waals surface area (Å²) in [7, 11) is 0. The van der Waals surface area contributed by atoms with E-state index in [-0.39, 0.29) is 12.5 Å². The number of morpholine rings is 1. The maximum Gasteiger partial charge on any atom is 0.252 e. The molecule has 0 bridgehead atoms. The van der Waals surface area contributed by atoms with E-state index in [9.17, 15) is 9.90 Å². The number of ether oxygens (including phenoxy) is 1. The van der Waals surface area contributed by atoms with Crippen LogP contribution in [-0.2, 0) is 4.74 Å². The van der Waals surface area contributed by atoms with Gasteiger partial charge < -0.3 is 20.1 Å². The second kappa shape index (κ2) is 8.38. The molecule has 2 aromatic carbocycles. The highest BCUT2D eigenvalue weighted by Crippen LogP contribution is 2.20. The molecule has 2 N–H and O–H groups in total. The van der Waals surface area contributed by atoms with Crippen molar-refractivity contribution in [2.45, 2.75) is 11.0 Å². The highest BCUT2D eigenvalue weighted by atomic mass is 32.1. The van der Waals surface area contributed by atoms with E-state index in [1.54, 1.807) is 18.2 Å². The minimum atomic E-state index is -0.755. The number of nitrogens with one attached hydrogen (secondary N) is 1. The fraction of sp³-hybridized carbons (Fsp3) is 0.316. The molecular formula is C19H22N2O3S. The Hall–Kier alpha value is -2.02. The van der Waals surface area contributed by atoms with Gasteiger partial charge in [0.15, 0.2) is 0 Å². The van der Waals surface area contributed by atoms with E-state index in [1.807, 2.05) is 30.3 Å². The fourth-order valence-corrected chi connectivity index (χ4v) is 3.06. The number of aliphatic hydroxyl groups excluding tert-OH is 1. The second-order valence-electron chi connectivity index (χ2n) is 5.93. The standard InChI is InChI=1S/C19H22N2O3S/c22-17(13-20-19(23)16-3-1-2-4-18(16)25)14-5-7-15(8-6-14)21-9-11-24-12-10-21/h1-8,17,22,25H,9-13H2,(H,20,23). The first-order valence-corrected chi connectivity index (χ1v) is 8.77. The molecule has 6 heteroatoms. The summed E-state index contributed by atoms with van der Waals surface area (Å²) >= 11 is 4.28. The molecule has 1 fully saturated rings. The molecule has 0 aromatic heterocycles. The van der Waals surface area contributed by atoms with Gasteiger partial charge in [0.1, 0.15) is 0 Å². The molecule has 5 nitrogen and oxygen atoms in total. The molecule has 1 saturated heterocycles. The lowest BCUT2D eigenvalue weighted by molar-refractivity contribution is 0.0913. The molecule has 0 aliphatic carbocycles. The largest absolute Gasteiger partial charge is 0.387 e. The van der Waals surface area contributed by atoms with Gasteiger partial charge in [-0.3, -0.25) is 4.79 Å². The van der Waals surface area contributed by atoms with Crippen molar-refractivity contribution < 1.29 is 14.6 Å². The normalized spacial score (nSPS) is 15.7. The van der Waals surface area contributed by atoms with Crippen molar-refractivity contribution in [1.29, 1.82) is 0 Å². The quantitative estimate of drug-likeness (QED) is 0.718. The number of aliphatic hydroxyl groups is 1. The molecule has 1 aliphatic heterocycles. The number of benzene rings is 2. The van der Waals surface area contributed by atoms with Crippen molar-refractivity contribution in [3.8, 4) is 0 Å². The number of thiol groups is 1. The molecule has 2 aromatic rings. The van der Waals surface area contributed by atoms with E-state index >= 15 is 0 Å². The number of anilines is 1. The minimum absolute atomic E-state index is 0.151. The van der Waals surface area contributed by atoms with Crippen LogP contribution in [0.1, 0.15) is 22.0 Å². The van der Waals surface area contributed by atoms with Crippen molar-refractivity contribution >= 4 is 24.2 Å². The van der Waals surface area contributed by atoms with E-state index in [2.05, 4.69) is 22.8 Å². The lowest BCUT2D eigenvalue weighted by Gasteiger charge is -2.29. The maximum atomic E-state index is 12.2. The number of rotatable bonds is 5. The first kappa shape index (κ1) is 17.8. The fourth-order valence-electron chi connectivity index (χ4n) is 2.80. The Morgan fingerprint density at radius 2 is 1.84 bits per heavy atom. The van der Waals surface area contributed by atoms with Crippen LogP contribution in [0.15, 0.2) is 53.4 Å². The van der Waals surface area contributed by atoms with E-state index < -0.39 is 6.10 Å². The third-order valence-electron chi connectivity index (χ3n) is 4.26. The lowest BCUT2D eigenvalue weighted by Crippen LogP contribution is -2.36. The Morgan fingerprint density at radius 1 is 1.16 bits per heavy atom. The summed E-state index contributed by atoms with van der Waals surface area (Å²) in [5, 5.41) is 13.1. The summed E-state index contributed by atoms with van der Waals surface area (Å²) in [5.74, 6) is -0.241. The maximum absolute atomic E-state index is 12.2. The first-order chi connectivity index (χ1) is 12.1. The Labute approximate surface area is 153 Å². The van der Waals surface area contributed by atoms with Gasteiger partial charge in [0.2, 0.25) is 0 Å². The number of hydrogen-bond donors (Lipinski definition) is 3. The predicted octanol–water partition coefficient (Wildman–Crippen LogP) is 2.28. The van der Waals surface area contributed by atoms with Gasteiger partial charge >= 0.3 is 0 Å². The van der Waals surface area contributed by atoms with Crippen LogP contribution in [0.2, 0.25) is 0 Å². The van der Waals surface area contributed by atoms with Gasteiger partial charge in [0, 0.05) is 30.2 Å². The molecular weight excluding hydrogens is 336 g/mol. The summed E-state index contributed by atoms with van der Waals surface area (Å²) in [6.07, 6.45) is -0.755. The zero-order valence-corrected chi connectivity index (χ0v) is 14.8. The Bertz CT molecular complexity index is 715. The molecule has 0 spiro atoms. The zero-order valence-electron chi connectivity index (χ0n) is 13.9. The van der Waals surface area contributed by atoms with Crippen LogP contribution in [-0.4, -0.2) is 43.9 Å². The van der Waals surface area contributed by atoms with Crippen molar-refractivity contribution in [3.63, 3.8) is 0 Å². The monoisotopic (exact) mass is 358 g/mol. The Morgan fingerprint density at radius 3 is 2.52 bits per heavy atom. The van der Waals surface area contributed by atoms with Gasteiger partial charge in [0.05, 0.1) is 24.9 Å². The van der Waals surface area contributed by atoms with E-state index in [0.29, 0.717) is 10.5 Å². The number of carbonyl (C=O) groups is 1. The van der Waals surface area contributed by atoms with Crippen LogP contribution in [0.3, 0.4) is 0 Å². The van der Waals surface area contributed by atoms with Gasteiger partial charge in [-0.05, 0) is 29.8 Å². The molecule has 0 radical (unpaired) electrons. The topological polar surface area (TPSA) is 61.8 Å².